The van der Waals surface area contributed by atoms with Gasteiger partial charge in [0.1, 0.15) is 0 Å². The Morgan fingerprint density at radius 2 is 1.20 bits per heavy atom. The monoisotopic (exact) mass is 165 g/mol. The average molecular weight is 165 g/mol. The normalized spacial score (nSPS) is 10.8. The Labute approximate surface area is 65.7 Å². The van der Waals surface area contributed by atoms with E-state index in [0.717, 1.165) is 0 Å². The molecule has 4 heteroatoms. The third-order valence-corrected chi connectivity index (χ3v) is 2.72. The van der Waals surface area contributed by atoms with Gasteiger partial charge in [-0.3, -0.25) is 0 Å². The summed E-state index contributed by atoms with van der Waals surface area (Å²) in [4.78, 5) is 0. The first kappa shape index (κ1) is 10.1. The lowest BCUT2D eigenvalue weighted by Crippen LogP contribution is -2.27. The van der Waals surface area contributed by atoms with Crippen LogP contribution in [-0.4, -0.2) is 29.3 Å². The summed E-state index contributed by atoms with van der Waals surface area (Å²) >= 11 is 0. The Morgan fingerprint density at radius 3 is 1.40 bits per heavy atom. The Bertz CT molecular complexity index is 60.6. The molecule has 0 heterocycles. The van der Waals surface area contributed by atoms with Crippen LogP contribution in [0.1, 0.15) is 22.2 Å². The van der Waals surface area contributed by atoms with E-state index in [1.165, 1.54) is 0 Å². The number of hydrogen-bond donors (Lipinski definition) is 0. The molecule has 0 aromatic rings. The predicted octanol–water partition coefficient (Wildman–Crippen LogP) is 0.926. The molecule has 0 unspecified atom stereocenters. The van der Waals surface area contributed by atoms with E-state index in [0.29, 0.717) is 19.8 Å². The molecule has 0 fully saturated rings. The quantitative estimate of drug-likeness (QED) is 0.548. The van der Waals surface area contributed by atoms with Crippen molar-refractivity contribution in [2.45, 2.75) is 20.8 Å². The van der Waals surface area contributed by atoms with Gasteiger partial charge in [0.05, 0.1) is 0 Å². The number of rotatable bonds is 6. The highest BCUT2D eigenvalue weighted by molar-refractivity contribution is 6.36. The molecule has 0 saturated carbocycles. The second-order valence-electron chi connectivity index (χ2n) is 1.65. The molecule has 10 heavy (non-hydrogen) atoms. The van der Waals surface area contributed by atoms with E-state index in [1.807, 2.05) is 20.8 Å². The van der Waals surface area contributed by atoms with Crippen molar-refractivity contribution in [3.63, 3.8) is 0 Å². The molecule has 0 saturated heterocycles. The Hall–Kier alpha value is 0.0969. The molecule has 0 aliphatic carbocycles. The van der Waals surface area contributed by atoms with Gasteiger partial charge in [0.15, 0.2) is 0 Å². The highest BCUT2D eigenvalue weighted by Crippen LogP contribution is 1.90. The summed E-state index contributed by atoms with van der Waals surface area (Å²) < 4.78 is 15.7. The van der Waals surface area contributed by atoms with Crippen molar-refractivity contribution in [2.75, 3.05) is 19.8 Å². The minimum atomic E-state index is -1.73. The molecule has 0 spiro atoms. The van der Waals surface area contributed by atoms with Gasteiger partial charge < -0.3 is 13.3 Å². The molecule has 1 radical (unpaired) electrons. The highest BCUT2D eigenvalue weighted by atomic mass is 28.3. The van der Waals surface area contributed by atoms with E-state index in [9.17, 15) is 0 Å². The van der Waals surface area contributed by atoms with Gasteiger partial charge in [-0.1, -0.05) is 0 Å². The standard InChI is InChI=1S/C6H16O3Si.H/c1-4-7-10(8-5-2)9-6-3;/h10H,4-6H2,1-3H3;. The minimum Gasteiger partial charge on any atom is -0.376 e. The summed E-state index contributed by atoms with van der Waals surface area (Å²) in [7, 11) is -1.73. The van der Waals surface area contributed by atoms with Crippen molar-refractivity contribution in [1.29, 1.82) is 0 Å². The van der Waals surface area contributed by atoms with Crippen LogP contribution in [0.3, 0.4) is 0 Å². The fourth-order valence-corrected chi connectivity index (χ4v) is 1.66. The molecule has 0 atom stereocenters. The molecular formula is C6H17O3Si. The Morgan fingerprint density at radius 1 is 0.900 bits per heavy atom. The van der Waals surface area contributed by atoms with Crippen LogP contribution in [0.15, 0.2) is 0 Å². The van der Waals surface area contributed by atoms with Gasteiger partial charge in [-0.15, -0.1) is 0 Å². The first-order valence-electron chi connectivity index (χ1n) is 3.69. The zero-order valence-corrected chi connectivity index (χ0v) is 8.08. The Balaban J connectivity index is 0. The number of hydrogen-bond acceptors (Lipinski definition) is 3. The maximum Gasteiger partial charge on any atom is 0.484 e. The van der Waals surface area contributed by atoms with Gasteiger partial charge in [0.2, 0.25) is 0 Å². The fraction of sp³-hybridized carbons (Fsp3) is 1.00. The van der Waals surface area contributed by atoms with Crippen molar-refractivity contribution < 1.29 is 14.7 Å². The van der Waals surface area contributed by atoms with Gasteiger partial charge >= 0.3 is 9.53 Å². The van der Waals surface area contributed by atoms with E-state index < -0.39 is 9.53 Å². The van der Waals surface area contributed by atoms with Crippen molar-refractivity contribution in [3.05, 3.63) is 0 Å². The maximum atomic E-state index is 5.22. The smallest absolute Gasteiger partial charge is 0.376 e. The van der Waals surface area contributed by atoms with Crippen molar-refractivity contribution in [2.24, 2.45) is 0 Å². The van der Waals surface area contributed by atoms with Gasteiger partial charge in [-0.2, -0.15) is 0 Å². The van der Waals surface area contributed by atoms with Crippen LogP contribution >= 0.6 is 0 Å². The summed E-state index contributed by atoms with van der Waals surface area (Å²) in [5, 5.41) is 0. The van der Waals surface area contributed by atoms with Crippen LogP contribution in [0.25, 0.3) is 0 Å². The predicted molar refractivity (Wildman–Crippen MR) is 43.1 cm³/mol. The molecule has 0 amide bonds. The maximum absolute atomic E-state index is 5.22. The topological polar surface area (TPSA) is 27.7 Å². The van der Waals surface area contributed by atoms with E-state index in [1.54, 1.807) is 0 Å². The SMILES string of the molecule is CCO[SiH](OCC)OCC.[H]. The van der Waals surface area contributed by atoms with Gasteiger partial charge in [-0.05, 0) is 20.8 Å². The third-order valence-electron chi connectivity index (χ3n) is 0.908. The molecule has 0 aliphatic heterocycles. The van der Waals surface area contributed by atoms with Crippen LogP contribution < -0.4 is 0 Å². The van der Waals surface area contributed by atoms with E-state index in [-0.39, 0.29) is 1.43 Å². The summed E-state index contributed by atoms with van der Waals surface area (Å²) in [5.74, 6) is 0. The van der Waals surface area contributed by atoms with E-state index >= 15 is 0 Å². The zero-order chi connectivity index (χ0) is 7.82. The first-order valence-corrected chi connectivity index (χ1v) is 5.11. The van der Waals surface area contributed by atoms with Crippen molar-refractivity contribution >= 4 is 9.53 Å². The molecule has 0 aliphatic rings. The van der Waals surface area contributed by atoms with Crippen LogP contribution in [0.2, 0.25) is 0 Å². The van der Waals surface area contributed by atoms with Gasteiger partial charge in [-0.25, -0.2) is 0 Å². The molecular weight excluding hydrogens is 148 g/mol. The van der Waals surface area contributed by atoms with Crippen LogP contribution in [0, 0.1) is 0 Å². The third kappa shape index (κ3) is 4.93. The van der Waals surface area contributed by atoms with Crippen molar-refractivity contribution in [3.8, 4) is 0 Å². The molecule has 0 aromatic carbocycles. The molecule has 0 N–H and O–H groups in total. The first-order chi connectivity index (χ1) is 4.85. The largest absolute Gasteiger partial charge is 0.484 e. The van der Waals surface area contributed by atoms with Crippen LogP contribution in [0.5, 0.6) is 0 Å². The molecule has 0 bridgehead atoms. The lowest BCUT2D eigenvalue weighted by molar-refractivity contribution is 0.107. The van der Waals surface area contributed by atoms with Crippen LogP contribution in [-0.2, 0) is 13.3 Å². The second kappa shape index (κ2) is 7.21. The van der Waals surface area contributed by atoms with E-state index in [4.69, 9.17) is 13.3 Å². The molecule has 63 valence electrons. The van der Waals surface area contributed by atoms with Crippen molar-refractivity contribution in [1.82, 2.24) is 0 Å². The minimum absolute atomic E-state index is 0. The molecule has 0 rings (SSSR count). The van der Waals surface area contributed by atoms with E-state index in [2.05, 4.69) is 0 Å². The zero-order valence-electron chi connectivity index (χ0n) is 7.92. The summed E-state index contributed by atoms with van der Waals surface area (Å²) in [5.41, 5.74) is 0. The lowest BCUT2D eigenvalue weighted by atomic mass is 10.9. The fourth-order valence-electron chi connectivity index (χ4n) is 0.553. The summed E-state index contributed by atoms with van der Waals surface area (Å²) in [6.07, 6.45) is 0. The van der Waals surface area contributed by atoms with Gasteiger partial charge in [0.25, 0.3) is 0 Å². The highest BCUT2D eigenvalue weighted by Gasteiger charge is 2.11. The summed E-state index contributed by atoms with van der Waals surface area (Å²) in [6.45, 7) is 7.86. The Kier molecular flexibility index (Phi) is 7.28. The van der Waals surface area contributed by atoms with Crippen LogP contribution in [0.4, 0.5) is 0 Å². The lowest BCUT2D eigenvalue weighted by Gasteiger charge is -2.12. The average Bonchev–Trinajstić information content (AvgIpc) is 1.90. The molecule has 3 nitrogen and oxygen atoms in total. The second-order valence-corrected chi connectivity index (χ2v) is 3.23. The molecule has 0 aromatic heterocycles. The van der Waals surface area contributed by atoms with Gasteiger partial charge in [0, 0.05) is 21.2 Å². The summed E-state index contributed by atoms with van der Waals surface area (Å²) in [6, 6.07) is 0.